The molecule has 0 saturated heterocycles. The highest BCUT2D eigenvalue weighted by molar-refractivity contribution is 7.92. The van der Waals surface area contributed by atoms with Gasteiger partial charge in [-0.15, -0.1) is 0 Å². The van der Waals surface area contributed by atoms with Crippen molar-refractivity contribution in [3.8, 4) is 5.75 Å². The number of anilines is 1. The number of nitrogens with one attached hydrogen (secondary N) is 1. The lowest BCUT2D eigenvalue weighted by Crippen LogP contribution is -2.51. The first-order valence-corrected chi connectivity index (χ1v) is 16.3. The Labute approximate surface area is 277 Å². The zero-order valence-corrected chi connectivity index (χ0v) is 28.3. The Kier molecular flexibility index (Phi) is 12.1. The molecule has 0 aliphatic rings. The molecule has 242 valence electrons. The third-order valence-electron chi connectivity index (χ3n) is 6.84. The zero-order valence-electron chi connectivity index (χ0n) is 25.2. The van der Waals surface area contributed by atoms with Gasteiger partial charge >= 0.3 is 0 Å². The van der Waals surface area contributed by atoms with Gasteiger partial charge in [-0.3, -0.25) is 24.0 Å². The number of nitro groups is 1. The molecule has 0 radical (unpaired) electrons. The smallest absolute Gasteiger partial charge is 0.273 e. The molecule has 0 heterocycles. The largest absolute Gasteiger partial charge is 0.495 e. The number of ether oxygens (including phenoxy) is 1. The summed E-state index contributed by atoms with van der Waals surface area (Å²) in [7, 11) is -3.34. The summed E-state index contributed by atoms with van der Waals surface area (Å²) in [6.07, 6.45) is 0. The normalized spacial score (nSPS) is 12.0. The van der Waals surface area contributed by atoms with Crippen LogP contribution in [0.3, 0.4) is 0 Å². The first-order valence-electron chi connectivity index (χ1n) is 13.7. The monoisotopic (exact) mass is 698 g/mol. The molecule has 0 bridgehead atoms. The molecule has 0 fully saturated rings. The van der Waals surface area contributed by atoms with E-state index in [-0.39, 0.29) is 39.5 Å². The van der Waals surface area contributed by atoms with Crippen molar-refractivity contribution in [3.05, 3.63) is 90.9 Å². The van der Waals surface area contributed by atoms with Crippen LogP contribution in [0.1, 0.15) is 31.9 Å². The lowest BCUT2D eigenvalue weighted by Gasteiger charge is -2.32. The Hall–Kier alpha value is -3.58. The SMILES string of the molecule is COc1ccc(Cl)cc1N(CC(=O)N(Cc1ccc(Cl)c(Cl)c1)[C@H](C)C(=O)NCC(C)C)S(=O)(=O)c1ccc(C)c([N+](=O)[O-])c1. The fraction of sp³-hybridized carbons (Fsp3) is 0.333. The van der Waals surface area contributed by atoms with Crippen LogP contribution in [-0.2, 0) is 26.2 Å². The highest BCUT2D eigenvalue weighted by atomic mass is 35.5. The molecule has 3 aromatic carbocycles. The van der Waals surface area contributed by atoms with E-state index >= 15 is 0 Å². The third-order valence-corrected chi connectivity index (χ3v) is 9.57. The number of halogens is 3. The molecule has 1 atom stereocenters. The predicted octanol–water partition coefficient (Wildman–Crippen LogP) is 6.26. The molecule has 0 unspecified atom stereocenters. The number of hydrogen-bond acceptors (Lipinski definition) is 7. The average Bonchev–Trinajstić information content (AvgIpc) is 2.98. The van der Waals surface area contributed by atoms with E-state index < -0.39 is 49.9 Å². The van der Waals surface area contributed by atoms with E-state index in [9.17, 15) is 28.1 Å². The number of aryl methyl sites for hydroxylation is 1. The van der Waals surface area contributed by atoms with Crippen LogP contribution in [0.25, 0.3) is 0 Å². The van der Waals surface area contributed by atoms with E-state index in [0.717, 1.165) is 10.4 Å². The van der Waals surface area contributed by atoms with Gasteiger partial charge in [0.1, 0.15) is 18.3 Å². The number of carbonyl (C=O) groups is 2. The summed E-state index contributed by atoms with van der Waals surface area (Å²) in [4.78, 5) is 39.1. The van der Waals surface area contributed by atoms with E-state index in [1.165, 1.54) is 56.2 Å². The van der Waals surface area contributed by atoms with Gasteiger partial charge in [-0.25, -0.2) is 8.42 Å². The summed E-state index contributed by atoms with van der Waals surface area (Å²) in [5.41, 5.74) is 0.270. The van der Waals surface area contributed by atoms with Crippen molar-refractivity contribution in [1.29, 1.82) is 0 Å². The van der Waals surface area contributed by atoms with E-state index in [2.05, 4.69) is 5.32 Å². The lowest BCUT2D eigenvalue weighted by atomic mass is 10.1. The molecule has 0 aliphatic heterocycles. The van der Waals surface area contributed by atoms with Crippen molar-refractivity contribution in [2.24, 2.45) is 5.92 Å². The van der Waals surface area contributed by atoms with Crippen LogP contribution in [0.5, 0.6) is 5.75 Å². The van der Waals surface area contributed by atoms with Crippen molar-refractivity contribution in [3.63, 3.8) is 0 Å². The summed E-state index contributed by atoms with van der Waals surface area (Å²) in [6.45, 7) is 6.24. The third kappa shape index (κ3) is 8.78. The number of nitro benzene ring substituents is 1. The van der Waals surface area contributed by atoms with Gasteiger partial charge in [0.2, 0.25) is 11.8 Å². The van der Waals surface area contributed by atoms with Crippen molar-refractivity contribution in [2.75, 3.05) is 24.5 Å². The number of sulfonamides is 1. The second-order valence-corrected chi connectivity index (χ2v) is 13.7. The summed E-state index contributed by atoms with van der Waals surface area (Å²) in [5.74, 6) is -1.02. The second-order valence-electron chi connectivity index (χ2n) is 10.6. The molecular formula is C30H33Cl3N4O7S. The maximum absolute atomic E-state index is 14.2. The van der Waals surface area contributed by atoms with Crippen molar-refractivity contribution < 1.29 is 27.7 Å². The minimum Gasteiger partial charge on any atom is -0.495 e. The summed E-state index contributed by atoms with van der Waals surface area (Å²) >= 11 is 18.5. The van der Waals surface area contributed by atoms with Gasteiger partial charge in [-0.05, 0) is 61.7 Å². The topological polar surface area (TPSA) is 139 Å². The second kappa shape index (κ2) is 15.1. The van der Waals surface area contributed by atoms with Gasteiger partial charge in [-0.1, -0.05) is 60.8 Å². The number of carbonyl (C=O) groups excluding carboxylic acids is 2. The predicted molar refractivity (Wildman–Crippen MR) is 175 cm³/mol. The molecule has 0 saturated carbocycles. The first kappa shape index (κ1) is 35.9. The maximum atomic E-state index is 14.2. The zero-order chi connectivity index (χ0) is 33.6. The van der Waals surface area contributed by atoms with Crippen molar-refractivity contribution in [2.45, 2.75) is 45.2 Å². The van der Waals surface area contributed by atoms with Gasteiger partial charge < -0.3 is 15.0 Å². The van der Waals surface area contributed by atoms with Crippen LogP contribution in [-0.4, -0.2) is 56.3 Å². The standard InChI is InChI=1S/C30H33Cl3N4O7S/c1-18(2)15-34-30(39)20(4)35(16-21-7-10-24(32)25(33)12-21)29(38)17-36(27-13-22(31)8-11-28(27)44-5)45(42,43)23-9-6-19(3)26(14-23)37(40)41/h6-14,18,20H,15-17H2,1-5H3,(H,34,39)/t20-/m1/s1. The van der Waals surface area contributed by atoms with Crippen molar-refractivity contribution >= 4 is 68.0 Å². The van der Waals surface area contributed by atoms with Gasteiger partial charge in [-0.2, -0.15) is 0 Å². The van der Waals surface area contributed by atoms with E-state index in [0.29, 0.717) is 17.1 Å². The maximum Gasteiger partial charge on any atom is 0.273 e. The number of nitrogens with zero attached hydrogens (tertiary/aromatic N) is 3. The number of amides is 2. The number of rotatable bonds is 13. The van der Waals surface area contributed by atoms with Crippen LogP contribution in [0.4, 0.5) is 11.4 Å². The molecule has 15 heteroatoms. The van der Waals surface area contributed by atoms with Gasteiger partial charge in [0.15, 0.2) is 0 Å². The summed E-state index contributed by atoms with van der Waals surface area (Å²) in [6, 6.07) is 11.3. The van der Waals surface area contributed by atoms with E-state index in [1.807, 2.05) is 13.8 Å². The molecular weight excluding hydrogens is 667 g/mol. The number of methoxy groups -OCH3 is 1. The molecule has 11 nitrogen and oxygen atoms in total. The Morgan fingerprint density at radius 3 is 2.29 bits per heavy atom. The molecule has 45 heavy (non-hydrogen) atoms. The Bertz CT molecular complexity index is 1700. The molecule has 3 aromatic rings. The van der Waals surface area contributed by atoms with Crippen LogP contribution in [0.15, 0.2) is 59.5 Å². The fourth-order valence-electron chi connectivity index (χ4n) is 4.31. The molecule has 2 amide bonds. The van der Waals surface area contributed by atoms with E-state index in [4.69, 9.17) is 39.5 Å². The Morgan fingerprint density at radius 1 is 1.00 bits per heavy atom. The van der Waals surface area contributed by atoms with Crippen LogP contribution < -0.4 is 14.4 Å². The number of hydrogen-bond donors (Lipinski definition) is 1. The van der Waals surface area contributed by atoms with Crippen LogP contribution >= 0.6 is 34.8 Å². The van der Waals surface area contributed by atoms with Crippen LogP contribution in [0, 0.1) is 23.0 Å². The molecule has 0 aromatic heterocycles. The molecule has 0 aliphatic carbocycles. The van der Waals surface area contributed by atoms with Crippen LogP contribution in [0.2, 0.25) is 15.1 Å². The minimum absolute atomic E-state index is 0.0659. The van der Waals surface area contributed by atoms with Crippen molar-refractivity contribution in [1.82, 2.24) is 10.2 Å². The first-order chi connectivity index (χ1) is 21.1. The molecule has 1 N–H and O–H groups in total. The highest BCUT2D eigenvalue weighted by Crippen LogP contribution is 2.36. The fourth-order valence-corrected chi connectivity index (χ4v) is 6.24. The highest BCUT2D eigenvalue weighted by Gasteiger charge is 2.35. The lowest BCUT2D eigenvalue weighted by molar-refractivity contribution is -0.385. The van der Waals surface area contributed by atoms with Gasteiger partial charge in [0.05, 0.1) is 32.7 Å². The summed E-state index contributed by atoms with van der Waals surface area (Å²) < 4.78 is 34.6. The summed E-state index contributed by atoms with van der Waals surface area (Å²) in [5, 5.41) is 15.1. The quantitative estimate of drug-likeness (QED) is 0.164. The average molecular weight is 700 g/mol. The van der Waals surface area contributed by atoms with E-state index in [1.54, 1.807) is 18.2 Å². The number of benzene rings is 3. The van der Waals surface area contributed by atoms with Gasteiger partial charge in [0.25, 0.3) is 15.7 Å². The van der Waals surface area contributed by atoms with Gasteiger partial charge in [0, 0.05) is 29.7 Å². The molecule has 3 rings (SSSR count). The Balaban J connectivity index is 2.16. The minimum atomic E-state index is -4.65. The molecule has 0 spiro atoms. The Morgan fingerprint density at radius 2 is 1.69 bits per heavy atom.